The van der Waals surface area contributed by atoms with Gasteiger partial charge in [-0.05, 0) is 59.2 Å². The molecule has 0 aliphatic rings. The summed E-state index contributed by atoms with van der Waals surface area (Å²) in [6.07, 6.45) is 2.45. The second-order valence-corrected chi connectivity index (χ2v) is 6.38. The van der Waals surface area contributed by atoms with Crippen LogP contribution in [0.25, 0.3) is 0 Å². The number of pyridine rings is 1. The first-order valence-corrected chi connectivity index (χ1v) is 8.91. The molecule has 0 saturated heterocycles. The number of hydrogen-bond donors (Lipinski definition) is 2. The van der Waals surface area contributed by atoms with Crippen molar-refractivity contribution in [3.63, 3.8) is 0 Å². The van der Waals surface area contributed by atoms with Gasteiger partial charge in [-0.15, -0.1) is 0 Å². The van der Waals surface area contributed by atoms with Crippen LogP contribution in [-0.4, -0.2) is 17.2 Å². The van der Waals surface area contributed by atoms with Crippen LogP contribution in [0.15, 0.2) is 66.9 Å². The largest absolute Gasteiger partial charge is 0.497 e. The Hall–Kier alpha value is -2.99. The van der Waals surface area contributed by atoms with Crippen molar-refractivity contribution in [2.75, 3.05) is 12.4 Å². The lowest BCUT2D eigenvalue weighted by Crippen LogP contribution is -2.28. The first kappa shape index (κ1) is 18.8. The van der Waals surface area contributed by atoms with Crippen molar-refractivity contribution in [3.05, 3.63) is 89.4 Å². The molecule has 0 amide bonds. The molecule has 6 heteroatoms. The monoisotopic (exact) mass is 381 g/mol. The van der Waals surface area contributed by atoms with Gasteiger partial charge in [-0.25, -0.2) is 9.37 Å². The van der Waals surface area contributed by atoms with E-state index in [1.165, 1.54) is 12.1 Å². The minimum absolute atomic E-state index is 0.254. The van der Waals surface area contributed by atoms with Gasteiger partial charge in [0.15, 0.2) is 5.11 Å². The molecular weight excluding hydrogens is 361 g/mol. The van der Waals surface area contributed by atoms with Crippen LogP contribution in [0.4, 0.5) is 10.2 Å². The van der Waals surface area contributed by atoms with Gasteiger partial charge in [-0.2, -0.15) is 0 Å². The Labute approximate surface area is 163 Å². The predicted octanol–water partition coefficient (Wildman–Crippen LogP) is 4.31. The first-order valence-electron chi connectivity index (χ1n) is 8.50. The third-order valence-electron chi connectivity index (χ3n) is 4.04. The van der Waals surface area contributed by atoms with E-state index in [1.54, 1.807) is 25.4 Å². The normalized spacial score (nSPS) is 10.3. The molecular formula is C21H20FN3OS. The van der Waals surface area contributed by atoms with Gasteiger partial charge in [0.05, 0.1) is 7.11 Å². The Morgan fingerprint density at radius 3 is 2.44 bits per heavy atom. The highest BCUT2D eigenvalue weighted by molar-refractivity contribution is 7.80. The van der Waals surface area contributed by atoms with E-state index < -0.39 is 0 Å². The number of nitrogens with one attached hydrogen (secondary N) is 2. The zero-order valence-corrected chi connectivity index (χ0v) is 15.7. The second-order valence-electron chi connectivity index (χ2n) is 5.97. The van der Waals surface area contributed by atoms with E-state index in [0.29, 0.717) is 17.5 Å². The van der Waals surface area contributed by atoms with E-state index in [9.17, 15) is 4.39 Å². The van der Waals surface area contributed by atoms with Crippen molar-refractivity contribution in [1.29, 1.82) is 0 Å². The van der Waals surface area contributed by atoms with Gasteiger partial charge < -0.3 is 15.4 Å². The molecule has 0 fully saturated rings. The van der Waals surface area contributed by atoms with Crippen molar-refractivity contribution < 1.29 is 9.13 Å². The molecule has 4 nitrogen and oxygen atoms in total. The standard InChI is InChI=1S/C21H20FN3OS/c1-26-19-10-6-15(7-11-19)13-17-3-2-12-23-20(17)25-21(27)24-14-16-4-8-18(22)9-5-16/h2-12H,13-14H2,1H3,(H2,23,24,25,27). The number of aromatic nitrogens is 1. The average molecular weight is 381 g/mol. The van der Waals surface area contributed by atoms with Crippen LogP contribution in [0.3, 0.4) is 0 Å². The van der Waals surface area contributed by atoms with Crippen molar-refractivity contribution in [3.8, 4) is 5.75 Å². The summed E-state index contributed by atoms with van der Waals surface area (Å²) in [4.78, 5) is 4.40. The summed E-state index contributed by atoms with van der Waals surface area (Å²) in [6.45, 7) is 0.507. The summed E-state index contributed by atoms with van der Waals surface area (Å²) in [5.74, 6) is 1.29. The molecule has 0 atom stereocenters. The van der Waals surface area contributed by atoms with E-state index in [1.807, 2.05) is 36.4 Å². The zero-order chi connectivity index (χ0) is 19.1. The highest BCUT2D eigenvalue weighted by atomic mass is 32.1. The number of ether oxygens (including phenoxy) is 1. The Kier molecular flexibility index (Phi) is 6.33. The van der Waals surface area contributed by atoms with E-state index in [-0.39, 0.29) is 5.82 Å². The molecule has 0 aliphatic heterocycles. The summed E-state index contributed by atoms with van der Waals surface area (Å²) < 4.78 is 18.2. The van der Waals surface area contributed by atoms with Crippen LogP contribution in [0.2, 0.25) is 0 Å². The quantitative estimate of drug-likeness (QED) is 0.623. The van der Waals surface area contributed by atoms with E-state index in [0.717, 1.165) is 28.9 Å². The Balaban J connectivity index is 1.62. The summed E-state index contributed by atoms with van der Waals surface area (Å²) in [5.41, 5.74) is 3.13. The summed E-state index contributed by atoms with van der Waals surface area (Å²) in [5, 5.41) is 6.73. The van der Waals surface area contributed by atoms with Crippen LogP contribution < -0.4 is 15.4 Å². The fourth-order valence-corrected chi connectivity index (χ4v) is 2.76. The second kappa shape index (κ2) is 9.09. The molecule has 27 heavy (non-hydrogen) atoms. The lowest BCUT2D eigenvalue weighted by Gasteiger charge is -2.13. The molecule has 0 bridgehead atoms. The number of benzene rings is 2. The Morgan fingerprint density at radius 1 is 1.04 bits per heavy atom. The minimum atomic E-state index is -0.254. The van der Waals surface area contributed by atoms with Crippen molar-refractivity contribution >= 4 is 23.1 Å². The first-order chi connectivity index (χ1) is 13.1. The van der Waals surface area contributed by atoms with Crippen molar-refractivity contribution in [2.24, 2.45) is 0 Å². The smallest absolute Gasteiger partial charge is 0.172 e. The minimum Gasteiger partial charge on any atom is -0.497 e. The molecule has 1 heterocycles. The molecule has 0 aliphatic carbocycles. The molecule has 2 N–H and O–H groups in total. The van der Waals surface area contributed by atoms with Crippen molar-refractivity contribution in [1.82, 2.24) is 10.3 Å². The maximum absolute atomic E-state index is 13.0. The van der Waals surface area contributed by atoms with E-state index in [4.69, 9.17) is 17.0 Å². The Morgan fingerprint density at radius 2 is 1.74 bits per heavy atom. The molecule has 3 rings (SSSR count). The zero-order valence-electron chi connectivity index (χ0n) is 14.9. The number of methoxy groups -OCH3 is 1. The molecule has 3 aromatic rings. The number of rotatable bonds is 6. The maximum atomic E-state index is 13.0. The SMILES string of the molecule is COc1ccc(Cc2cccnc2NC(=S)NCc2ccc(F)cc2)cc1. The van der Waals surface area contributed by atoms with Gasteiger partial charge in [0.2, 0.25) is 0 Å². The third kappa shape index (κ3) is 5.49. The number of halogens is 1. The molecule has 0 saturated carbocycles. The number of nitrogens with zero attached hydrogens (tertiary/aromatic N) is 1. The van der Waals surface area contributed by atoms with Gasteiger partial charge in [-0.1, -0.05) is 30.3 Å². The van der Waals surface area contributed by atoms with Crippen molar-refractivity contribution in [2.45, 2.75) is 13.0 Å². The maximum Gasteiger partial charge on any atom is 0.172 e. The average Bonchev–Trinajstić information content (AvgIpc) is 2.70. The predicted molar refractivity (Wildman–Crippen MR) is 109 cm³/mol. The van der Waals surface area contributed by atoms with E-state index >= 15 is 0 Å². The summed E-state index contributed by atoms with van der Waals surface area (Å²) in [6, 6.07) is 18.2. The number of anilines is 1. The van der Waals surface area contributed by atoms with Crippen LogP contribution >= 0.6 is 12.2 Å². The third-order valence-corrected chi connectivity index (χ3v) is 4.29. The fourth-order valence-electron chi connectivity index (χ4n) is 2.59. The lowest BCUT2D eigenvalue weighted by atomic mass is 10.1. The molecule has 0 radical (unpaired) electrons. The molecule has 138 valence electrons. The molecule has 0 unspecified atom stereocenters. The van der Waals surface area contributed by atoms with Crippen LogP contribution in [-0.2, 0) is 13.0 Å². The fraction of sp³-hybridized carbons (Fsp3) is 0.143. The highest BCUT2D eigenvalue weighted by Gasteiger charge is 2.07. The van der Waals surface area contributed by atoms with Crippen LogP contribution in [0, 0.1) is 5.82 Å². The summed E-state index contributed by atoms with van der Waals surface area (Å²) in [7, 11) is 1.65. The molecule has 1 aromatic heterocycles. The van der Waals surface area contributed by atoms with Gasteiger partial charge in [0.1, 0.15) is 17.4 Å². The molecule has 2 aromatic carbocycles. The topological polar surface area (TPSA) is 46.2 Å². The van der Waals surface area contributed by atoms with Crippen LogP contribution in [0.5, 0.6) is 5.75 Å². The van der Waals surface area contributed by atoms with E-state index in [2.05, 4.69) is 15.6 Å². The summed E-state index contributed by atoms with van der Waals surface area (Å²) >= 11 is 5.37. The molecule has 0 spiro atoms. The van der Waals surface area contributed by atoms with Gasteiger partial charge in [0.25, 0.3) is 0 Å². The van der Waals surface area contributed by atoms with Gasteiger partial charge in [-0.3, -0.25) is 0 Å². The lowest BCUT2D eigenvalue weighted by molar-refractivity contribution is 0.414. The Bertz CT molecular complexity index is 898. The number of thiocarbonyl (C=S) groups is 1. The van der Waals surface area contributed by atoms with Gasteiger partial charge >= 0.3 is 0 Å². The number of hydrogen-bond acceptors (Lipinski definition) is 3. The highest BCUT2D eigenvalue weighted by Crippen LogP contribution is 2.19. The van der Waals surface area contributed by atoms with Gasteiger partial charge in [0, 0.05) is 19.2 Å². The van der Waals surface area contributed by atoms with Crippen LogP contribution in [0.1, 0.15) is 16.7 Å².